The Balaban J connectivity index is 1.22. The number of carbonyl (C=O) groups is 4. The fourth-order valence-corrected chi connectivity index (χ4v) is 7.55. The fourth-order valence-electron chi connectivity index (χ4n) is 6.45. The van der Waals surface area contributed by atoms with Crippen LogP contribution in [0.25, 0.3) is 0 Å². The SMILES string of the molecule is COc1ccc(C(=O)[C@@H](C)OC(=O)CCN2C(=O)[C@@H]3[C@H](C2=O)C2(Cl)c4ccccc4C3(Cl)c3ccccc32)cc1. The van der Waals surface area contributed by atoms with Crippen LogP contribution in [-0.2, 0) is 28.9 Å². The van der Waals surface area contributed by atoms with Crippen molar-refractivity contribution in [2.45, 2.75) is 29.2 Å². The Morgan fingerprint density at radius 1 is 0.825 bits per heavy atom. The molecule has 0 unspecified atom stereocenters. The lowest BCUT2D eigenvalue weighted by molar-refractivity contribution is -0.148. The first-order valence-corrected chi connectivity index (χ1v) is 13.7. The lowest BCUT2D eigenvalue weighted by Gasteiger charge is -2.54. The molecule has 1 saturated heterocycles. The minimum absolute atomic E-state index is 0.209. The van der Waals surface area contributed by atoms with Crippen LogP contribution in [0.3, 0.4) is 0 Å². The van der Waals surface area contributed by atoms with E-state index in [0.29, 0.717) is 33.6 Å². The minimum Gasteiger partial charge on any atom is -0.497 e. The van der Waals surface area contributed by atoms with Gasteiger partial charge >= 0.3 is 5.97 Å². The maximum Gasteiger partial charge on any atom is 0.308 e. The molecule has 7 rings (SSSR count). The second-order valence-electron chi connectivity index (χ2n) is 10.3. The van der Waals surface area contributed by atoms with Gasteiger partial charge in [-0.15, -0.1) is 23.2 Å². The Kier molecular flexibility index (Phi) is 6.28. The first-order chi connectivity index (χ1) is 19.1. The summed E-state index contributed by atoms with van der Waals surface area (Å²) >= 11 is 14.8. The number of ketones is 1. The molecule has 3 aromatic carbocycles. The van der Waals surface area contributed by atoms with E-state index in [1.807, 2.05) is 48.5 Å². The summed E-state index contributed by atoms with van der Waals surface area (Å²) < 4.78 is 10.4. The predicted octanol–water partition coefficient (Wildman–Crippen LogP) is 4.79. The van der Waals surface area contributed by atoms with Crippen LogP contribution in [0.4, 0.5) is 0 Å². The maximum atomic E-state index is 13.8. The highest BCUT2D eigenvalue weighted by molar-refractivity contribution is 6.36. The standard InChI is InChI=1S/C31H25Cl2NO6/c1-17(27(36)18-11-13-19(39-2)14-12-18)40-24(35)15-16-34-28(37)25-26(29(34)38)31(33)21-8-4-3-7-20(21)30(25,32)22-9-5-6-10-23(22)31/h3-14,17,25-26H,15-16H2,1-2H3/t17-,25-,26+,30?,31?/m1/s1. The molecule has 4 aliphatic rings. The monoisotopic (exact) mass is 577 g/mol. The highest BCUT2D eigenvalue weighted by Gasteiger charge is 2.72. The third kappa shape index (κ3) is 3.57. The summed E-state index contributed by atoms with van der Waals surface area (Å²) in [6.07, 6.45) is -1.33. The molecule has 0 N–H and O–H groups in total. The summed E-state index contributed by atoms with van der Waals surface area (Å²) in [5, 5.41) is 0. The molecular weight excluding hydrogens is 553 g/mol. The van der Waals surface area contributed by atoms with Crippen molar-refractivity contribution in [2.75, 3.05) is 13.7 Å². The lowest BCUT2D eigenvalue weighted by atomic mass is 9.54. The van der Waals surface area contributed by atoms with Crippen molar-refractivity contribution in [3.05, 3.63) is 101 Å². The first-order valence-electron chi connectivity index (χ1n) is 12.9. The third-order valence-corrected chi connectivity index (χ3v) is 9.55. The molecule has 3 aliphatic carbocycles. The molecule has 204 valence electrons. The van der Waals surface area contributed by atoms with Crippen molar-refractivity contribution in [1.82, 2.24) is 4.90 Å². The van der Waals surface area contributed by atoms with Gasteiger partial charge in [-0.1, -0.05) is 48.5 Å². The van der Waals surface area contributed by atoms with E-state index in [1.165, 1.54) is 14.0 Å². The van der Waals surface area contributed by atoms with Gasteiger partial charge in [-0.3, -0.25) is 24.1 Å². The molecule has 9 heteroatoms. The second-order valence-corrected chi connectivity index (χ2v) is 11.5. The molecule has 40 heavy (non-hydrogen) atoms. The summed E-state index contributed by atoms with van der Waals surface area (Å²) in [6, 6.07) is 21.2. The number of likely N-dealkylation sites (tertiary alicyclic amines) is 1. The summed E-state index contributed by atoms with van der Waals surface area (Å²) in [4.78, 5) is 51.6. The summed E-state index contributed by atoms with van der Waals surface area (Å²) in [5.74, 6) is -3.32. The maximum absolute atomic E-state index is 13.8. The van der Waals surface area contributed by atoms with Crippen LogP contribution in [0, 0.1) is 11.8 Å². The van der Waals surface area contributed by atoms with Crippen molar-refractivity contribution in [2.24, 2.45) is 11.8 Å². The lowest BCUT2D eigenvalue weighted by Crippen LogP contribution is -2.57. The van der Waals surface area contributed by atoms with E-state index in [2.05, 4.69) is 0 Å². The molecule has 0 spiro atoms. The Morgan fingerprint density at radius 3 is 1.70 bits per heavy atom. The molecule has 2 amide bonds. The topological polar surface area (TPSA) is 90.0 Å². The largest absolute Gasteiger partial charge is 0.497 e. The van der Waals surface area contributed by atoms with Crippen LogP contribution in [-0.4, -0.2) is 48.2 Å². The molecule has 0 radical (unpaired) electrons. The number of amides is 2. The van der Waals surface area contributed by atoms with Gasteiger partial charge in [0.2, 0.25) is 17.6 Å². The quantitative estimate of drug-likeness (QED) is 0.173. The third-order valence-electron chi connectivity index (χ3n) is 8.27. The first kappa shape index (κ1) is 26.5. The number of alkyl halides is 2. The zero-order valence-electron chi connectivity index (χ0n) is 21.7. The summed E-state index contributed by atoms with van der Waals surface area (Å²) in [6.45, 7) is 1.27. The number of nitrogens with zero attached hydrogens (tertiary/aromatic N) is 1. The van der Waals surface area contributed by atoms with Crippen molar-refractivity contribution in [3.8, 4) is 5.75 Å². The Morgan fingerprint density at radius 2 is 1.27 bits per heavy atom. The van der Waals surface area contributed by atoms with Gasteiger partial charge in [-0.05, 0) is 53.4 Å². The van der Waals surface area contributed by atoms with E-state index >= 15 is 0 Å². The van der Waals surface area contributed by atoms with Crippen molar-refractivity contribution in [3.63, 3.8) is 0 Å². The average Bonchev–Trinajstić information content (AvgIpc) is 3.24. The molecule has 1 aliphatic heterocycles. The van der Waals surface area contributed by atoms with Crippen molar-refractivity contribution < 1.29 is 28.7 Å². The van der Waals surface area contributed by atoms with Crippen LogP contribution >= 0.6 is 23.2 Å². The molecule has 2 bridgehead atoms. The Labute approximate surface area is 241 Å². The van der Waals surface area contributed by atoms with Crippen LogP contribution in [0.1, 0.15) is 46.0 Å². The van der Waals surface area contributed by atoms with Gasteiger partial charge in [0.15, 0.2) is 6.10 Å². The van der Waals surface area contributed by atoms with Crippen molar-refractivity contribution in [1.29, 1.82) is 0 Å². The molecule has 3 atom stereocenters. The summed E-state index contributed by atoms with van der Waals surface area (Å²) in [7, 11) is 1.52. The van der Waals surface area contributed by atoms with E-state index in [9.17, 15) is 19.2 Å². The second kappa shape index (κ2) is 9.46. The van der Waals surface area contributed by atoms with Gasteiger partial charge < -0.3 is 9.47 Å². The molecule has 7 nitrogen and oxygen atoms in total. The van der Waals surface area contributed by atoms with Gasteiger partial charge in [0.25, 0.3) is 0 Å². The zero-order valence-corrected chi connectivity index (χ0v) is 23.2. The summed E-state index contributed by atoms with van der Waals surface area (Å²) in [5.41, 5.74) is 3.20. The molecule has 3 aromatic rings. The number of benzene rings is 3. The van der Waals surface area contributed by atoms with Crippen LogP contribution in [0.5, 0.6) is 5.75 Å². The zero-order chi connectivity index (χ0) is 28.4. The number of esters is 1. The number of hydrogen-bond donors (Lipinski definition) is 0. The minimum atomic E-state index is -1.28. The van der Waals surface area contributed by atoms with Gasteiger partial charge in [-0.2, -0.15) is 0 Å². The number of hydrogen-bond acceptors (Lipinski definition) is 6. The average molecular weight is 578 g/mol. The van der Waals surface area contributed by atoms with E-state index in [1.54, 1.807) is 24.3 Å². The fraction of sp³-hybridized carbons (Fsp3) is 0.290. The highest BCUT2D eigenvalue weighted by atomic mass is 35.5. The molecule has 0 aromatic heterocycles. The molecule has 1 heterocycles. The van der Waals surface area contributed by atoms with Crippen LogP contribution in [0.2, 0.25) is 0 Å². The molecule has 0 saturated carbocycles. The number of halogens is 2. The van der Waals surface area contributed by atoms with Crippen LogP contribution in [0.15, 0.2) is 72.8 Å². The highest BCUT2D eigenvalue weighted by Crippen LogP contribution is 2.69. The predicted molar refractivity (Wildman–Crippen MR) is 147 cm³/mol. The Bertz CT molecular complexity index is 1450. The number of Topliss-reactive ketones (excluding diaryl/α,β-unsaturated/α-hetero) is 1. The Hall–Kier alpha value is -3.68. The number of rotatable bonds is 7. The number of methoxy groups -OCH3 is 1. The normalized spacial score (nSPS) is 26.6. The number of imide groups is 1. The smallest absolute Gasteiger partial charge is 0.308 e. The number of ether oxygens (including phenoxy) is 2. The molecule has 1 fully saturated rings. The van der Waals surface area contributed by atoms with E-state index in [0.717, 1.165) is 4.90 Å². The van der Waals surface area contributed by atoms with E-state index in [4.69, 9.17) is 32.7 Å². The van der Waals surface area contributed by atoms with Gasteiger partial charge in [0.05, 0.1) is 25.4 Å². The van der Waals surface area contributed by atoms with Gasteiger partial charge in [0, 0.05) is 12.1 Å². The van der Waals surface area contributed by atoms with E-state index in [-0.39, 0.29) is 18.7 Å². The van der Waals surface area contributed by atoms with Gasteiger partial charge in [0.1, 0.15) is 15.5 Å². The van der Waals surface area contributed by atoms with E-state index < -0.39 is 45.5 Å². The van der Waals surface area contributed by atoms with Crippen molar-refractivity contribution >= 4 is 46.8 Å². The molecular formula is C31H25Cl2NO6. The number of carbonyl (C=O) groups excluding carboxylic acids is 4. The van der Waals surface area contributed by atoms with Gasteiger partial charge in [-0.25, -0.2) is 0 Å². The van der Waals surface area contributed by atoms with Crippen LogP contribution < -0.4 is 4.74 Å².